The van der Waals surface area contributed by atoms with E-state index in [1.165, 1.54) is 5.56 Å². The van der Waals surface area contributed by atoms with Crippen molar-refractivity contribution in [2.24, 2.45) is 5.73 Å². The normalized spacial score (nSPS) is 10.8. The SMILES string of the molecule is CSc1sc(C(=N)N)cc1Nc1ccc(C(C)C)cc1. The van der Waals surface area contributed by atoms with Crippen molar-refractivity contribution in [3.8, 4) is 0 Å². The molecule has 4 N–H and O–H groups in total. The number of anilines is 2. The summed E-state index contributed by atoms with van der Waals surface area (Å²) in [5.74, 6) is 0.657. The number of nitrogens with one attached hydrogen (secondary N) is 2. The highest BCUT2D eigenvalue weighted by atomic mass is 32.2. The maximum absolute atomic E-state index is 7.53. The van der Waals surface area contributed by atoms with Gasteiger partial charge in [0.2, 0.25) is 0 Å². The van der Waals surface area contributed by atoms with E-state index in [9.17, 15) is 0 Å². The van der Waals surface area contributed by atoms with Crippen LogP contribution in [-0.4, -0.2) is 12.1 Å². The van der Waals surface area contributed by atoms with Gasteiger partial charge in [-0.05, 0) is 35.9 Å². The zero-order valence-corrected chi connectivity index (χ0v) is 13.5. The van der Waals surface area contributed by atoms with E-state index in [0.717, 1.165) is 20.5 Å². The molecule has 0 bridgehead atoms. The Labute approximate surface area is 128 Å². The first-order chi connectivity index (χ1) is 9.51. The Morgan fingerprint density at radius 2 is 1.95 bits per heavy atom. The molecule has 0 atom stereocenters. The van der Waals surface area contributed by atoms with Crippen LogP contribution in [0.1, 0.15) is 30.2 Å². The molecular formula is C15H19N3S2. The van der Waals surface area contributed by atoms with Gasteiger partial charge in [0.1, 0.15) is 5.84 Å². The Morgan fingerprint density at radius 1 is 1.30 bits per heavy atom. The van der Waals surface area contributed by atoms with Crippen LogP contribution in [0.25, 0.3) is 0 Å². The molecule has 106 valence electrons. The summed E-state index contributed by atoms with van der Waals surface area (Å²) in [5.41, 5.74) is 8.95. The molecule has 0 radical (unpaired) electrons. The van der Waals surface area contributed by atoms with Gasteiger partial charge in [-0.25, -0.2) is 0 Å². The first-order valence-corrected chi connectivity index (χ1v) is 8.44. The first-order valence-electron chi connectivity index (χ1n) is 6.40. The minimum atomic E-state index is 0.119. The number of nitrogens with two attached hydrogens (primary N) is 1. The average Bonchev–Trinajstić information content (AvgIpc) is 2.82. The molecule has 5 heteroatoms. The molecule has 0 saturated carbocycles. The van der Waals surface area contributed by atoms with Crippen LogP contribution >= 0.6 is 23.1 Å². The van der Waals surface area contributed by atoms with E-state index >= 15 is 0 Å². The average molecular weight is 305 g/mol. The van der Waals surface area contributed by atoms with Crippen molar-refractivity contribution in [1.82, 2.24) is 0 Å². The second-order valence-corrected chi connectivity index (χ2v) is 6.96. The molecule has 0 aliphatic heterocycles. The largest absolute Gasteiger partial charge is 0.383 e. The van der Waals surface area contributed by atoms with Crippen molar-refractivity contribution in [3.63, 3.8) is 0 Å². The van der Waals surface area contributed by atoms with Crippen molar-refractivity contribution in [2.75, 3.05) is 11.6 Å². The van der Waals surface area contributed by atoms with Gasteiger partial charge in [-0.2, -0.15) is 0 Å². The third-order valence-corrected chi connectivity index (χ3v) is 5.31. The van der Waals surface area contributed by atoms with Crippen molar-refractivity contribution < 1.29 is 0 Å². The first kappa shape index (κ1) is 14.9. The number of thioether (sulfide) groups is 1. The van der Waals surface area contributed by atoms with Crippen LogP contribution in [0.2, 0.25) is 0 Å². The van der Waals surface area contributed by atoms with Crippen molar-refractivity contribution in [1.29, 1.82) is 5.41 Å². The minimum absolute atomic E-state index is 0.119. The van der Waals surface area contributed by atoms with Gasteiger partial charge in [-0.15, -0.1) is 23.1 Å². The van der Waals surface area contributed by atoms with E-state index in [1.807, 2.05) is 12.3 Å². The van der Waals surface area contributed by atoms with E-state index in [4.69, 9.17) is 11.1 Å². The summed E-state index contributed by atoms with van der Waals surface area (Å²) in [7, 11) is 0. The summed E-state index contributed by atoms with van der Waals surface area (Å²) in [6.45, 7) is 4.37. The van der Waals surface area contributed by atoms with E-state index < -0.39 is 0 Å². The standard InChI is InChI=1S/C15H19N3S2/c1-9(2)10-4-6-11(7-5-10)18-12-8-13(14(16)17)20-15(12)19-3/h4-9,18H,1-3H3,(H3,16,17). The van der Waals surface area contributed by atoms with Crippen molar-refractivity contribution in [2.45, 2.75) is 24.0 Å². The van der Waals surface area contributed by atoms with Crippen LogP contribution in [0.15, 0.2) is 34.5 Å². The number of thiophene rings is 1. The highest BCUT2D eigenvalue weighted by Crippen LogP contribution is 2.36. The topological polar surface area (TPSA) is 61.9 Å². The molecular weight excluding hydrogens is 286 g/mol. The predicted molar refractivity (Wildman–Crippen MR) is 90.9 cm³/mol. The van der Waals surface area contributed by atoms with Crippen molar-refractivity contribution >= 4 is 40.3 Å². The molecule has 0 aliphatic rings. The summed E-state index contributed by atoms with van der Waals surface area (Å²) < 4.78 is 1.14. The fraction of sp³-hybridized carbons (Fsp3) is 0.267. The lowest BCUT2D eigenvalue weighted by molar-refractivity contribution is 0.867. The predicted octanol–water partition coefficient (Wildman–Crippen LogP) is 4.62. The summed E-state index contributed by atoms with van der Waals surface area (Å²) in [6.07, 6.45) is 2.03. The minimum Gasteiger partial charge on any atom is -0.383 e. The van der Waals surface area contributed by atoms with Gasteiger partial charge in [-0.3, -0.25) is 5.41 Å². The monoisotopic (exact) mass is 305 g/mol. The Balaban J connectivity index is 2.22. The molecule has 0 aliphatic carbocycles. The zero-order valence-electron chi connectivity index (χ0n) is 11.9. The number of rotatable bonds is 5. The smallest absolute Gasteiger partial charge is 0.133 e. The Bertz CT molecular complexity index is 600. The highest BCUT2D eigenvalue weighted by molar-refractivity contribution is 8.00. The van der Waals surface area contributed by atoms with E-state index in [2.05, 4.69) is 43.4 Å². The van der Waals surface area contributed by atoms with Gasteiger partial charge < -0.3 is 11.1 Å². The third kappa shape index (κ3) is 3.35. The quantitative estimate of drug-likeness (QED) is 0.429. The van der Waals surface area contributed by atoms with Crippen LogP contribution in [-0.2, 0) is 0 Å². The van der Waals surface area contributed by atoms with Gasteiger partial charge in [0.25, 0.3) is 0 Å². The number of benzene rings is 1. The number of amidine groups is 1. The summed E-state index contributed by atoms with van der Waals surface area (Å²) in [6, 6.07) is 10.4. The lowest BCUT2D eigenvalue weighted by atomic mass is 10.0. The van der Waals surface area contributed by atoms with Crippen LogP contribution in [0.5, 0.6) is 0 Å². The van der Waals surface area contributed by atoms with Crippen LogP contribution in [0.4, 0.5) is 11.4 Å². The molecule has 2 rings (SSSR count). The second-order valence-electron chi connectivity index (χ2n) is 4.83. The van der Waals surface area contributed by atoms with Gasteiger partial charge in [0.05, 0.1) is 14.8 Å². The fourth-order valence-corrected chi connectivity index (χ4v) is 3.49. The maximum atomic E-state index is 7.53. The molecule has 0 fully saturated rings. The lowest BCUT2D eigenvalue weighted by Crippen LogP contribution is -2.08. The number of hydrogen-bond acceptors (Lipinski definition) is 4. The second kappa shape index (κ2) is 6.33. The molecule has 2 aromatic rings. The molecule has 0 unspecified atom stereocenters. The van der Waals surface area contributed by atoms with Gasteiger partial charge in [-0.1, -0.05) is 26.0 Å². The summed E-state index contributed by atoms with van der Waals surface area (Å²) >= 11 is 3.21. The summed E-state index contributed by atoms with van der Waals surface area (Å²) in [5, 5.41) is 10.9. The zero-order chi connectivity index (χ0) is 14.7. The molecule has 0 amide bonds. The Kier molecular flexibility index (Phi) is 4.73. The molecule has 1 heterocycles. The fourth-order valence-electron chi connectivity index (χ4n) is 1.85. The third-order valence-electron chi connectivity index (χ3n) is 3.01. The van der Waals surface area contributed by atoms with E-state index in [-0.39, 0.29) is 5.84 Å². The van der Waals surface area contributed by atoms with Crippen molar-refractivity contribution in [3.05, 3.63) is 40.8 Å². The molecule has 1 aromatic heterocycles. The number of nitrogen functional groups attached to an aromatic ring is 1. The van der Waals surface area contributed by atoms with Crippen LogP contribution in [0.3, 0.4) is 0 Å². The van der Waals surface area contributed by atoms with E-state index in [1.54, 1.807) is 23.1 Å². The Morgan fingerprint density at radius 3 is 2.45 bits per heavy atom. The molecule has 0 saturated heterocycles. The number of hydrogen-bond donors (Lipinski definition) is 3. The molecule has 20 heavy (non-hydrogen) atoms. The molecule has 1 aromatic carbocycles. The van der Waals surface area contributed by atoms with Gasteiger partial charge in [0, 0.05) is 5.69 Å². The van der Waals surface area contributed by atoms with E-state index in [0.29, 0.717) is 5.92 Å². The summed E-state index contributed by atoms with van der Waals surface area (Å²) in [4.78, 5) is 0.802. The van der Waals surface area contributed by atoms with Crippen LogP contribution in [0, 0.1) is 5.41 Å². The van der Waals surface area contributed by atoms with Gasteiger partial charge >= 0.3 is 0 Å². The maximum Gasteiger partial charge on any atom is 0.133 e. The highest BCUT2D eigenvalue weighted by Gasteiger charge is 2.10. The molecule has 3 nitrogen and oxygen atoms in total. The van der Waals surface area contributed by atoms with Crippen LogP contribution < -0.4 is 11.1 Å². The lowest BCUT2D eigenvalue weighted by Gasteiger charge is -2.09. The molecule has 0 spiro atoms. The Hall–Kier alpha value is -1.46. The van der Waals surface area contributed by atoms with Gasteiger partial charge in [0.15, 0.2) is 0 Å².